The van der Waals surface area contributed by atoms with E-state index in [2.05, 4.69) is 201 Å². The van der Waals surface area contributed by atoms with Gasteiger partial charge in [-0.05, 0) is 67.8 Å². The van der Waals surface area contributed by atoms with E-state index in [-0.39, 0.29) is 5.41 Å². The Balaban J connectivity index is 0.000000223. The lowest BCUT2D eigenvalue weighted by Crippen LogP contribution is -2.10. The highest BCUT2D eigenvalue weighted by Crippen LogP contribution is 2.28. The van der Waals surface area contributed by atoms with Crippen molar-refractivity contribution in [2.75, 3.05) is 0 Å². The van der Waals surface area contributed by atoms with Crippen molar-refractivity contribution in [3.05, 3.63) is 169 Å². The first-order chi connectivity index (χ1) is 22.9. The number of hydrogen-bond acceptors (Lipinski definition) is 0. The lowest BCUT2D eigenvalue weighted by Gasteiger charge is -2.19. The van der Waals surface area contributed by atoms with Crippen LogP contribution in [0.3, 0.4) is 0 Å². The van der Waals surface area contributed by atoms with E-state index in [1.807, 2.05) is 26.0 Å². The topological polar surface area (TPSA) is 0 Å². The van der Waals surface area contributed by atoms with E-state index in [0.29, 0.717) is 5.41 Å². The van der Waals surface area contributed by atoms with Gasteiger partial charge in [0.2, 0.25) is 0 Å². The Hall–Kier alpha value is -4.68. The van der Waals surface area contributed by atoms with Crippen LogP contribution in [0.4, 0.5) is 0 Å². The molecule has 0 heteroatoms. The molecule has 6 rings (SSSR count). The fraction of sp³-hybridized carbons (Fsp3) is 0.250. The molecule has 0 aliphatic carbocycles. The molecule has 0 saturated carbocycles. The van der Waals surface area contributed by atoms with Crippen LogP contribution in [0.25, 0.3) is 44.5 Å². The van der Waals surface area contributed by atoms with E-state index in [4.69, 9.17) is 0 Å². The molecule has 0 N–H and O–H groups in total. The third-order valence-electron chi connectivity index (χ3n) is 7.45. The molecule has 0 unspecified atom stereocenters. The first-order valence-electron chi connectivity index (χ1n) is 17.4. The van der Waals surface area contributed by atoms with E-state index in [9.17, 15) is 0 Å². The van der Waals surface area contributed by atoms with Crippen molar-refractivity contribution >= 4 is 0 Å². The number of aryl methyl sites for hydroxylation is 1. The van der Waals surface area contributed by atoms with Crippen molar-refractivity contribution < 1.29 is 0 Å². The largest absolute Gasteiger partial charge is 0.0683 e. The van der Waals surface area contributed by atoms with Crippen molar-refractivity contribution in [1.29, 1.82) is 0 Å². The minimum Gasteiger partial charge on any atom is -0.0683 e. The van der Waals surface area contributed by atoms with Gasteiger partial charge in [-0.15, -0.1) is 0 Å². The number of benzene rings is 6. The molecule has 248 valence electrons. The van der Waals surface area contributed by atoms with E-state index in [1.54, 1.807) is 0 Å². The summed E-state index contributed by atoms with van der Waals surface area (Å²) in [6, 6.07) is 56.1. The van der Waals surface area contributed by atoms with Crippen LogP contribution in [0.5, 0.6) is 0 Å². The summed E-state index contributed by atoms with van der Waals surface area (Å²) in [5.74, 6) is 0. The molecule has 6 aromatic carbocycles. The van der Waals surface area contributed by atoms with Crippen LogP contribution < -0.4 is 0 Å². The molecule has 0 nitrogen and oxygen atoms in total. The molecule has 48 heavy (non-hydrogen) atoms. The summed E-state index contributed by atoms with van der Waals surface area (Å²) in [6.45, 7) is 21.6. The molecule has 0 heterocycles. The fourth-order valence-corrected chi connectivity index (χ4v) is 4.88. The highest BCUT2D eigenvalue weighted by atomic mass is 14.2. The van der Waals surface area contributed by atoms with Gasteiger partial charge in [0.05, 0.1) is 0 Å². The number of rotatable bonds is 4. The van der Waals surface area contributed by atoms with Crippen LogP contribution >= 0.6 is 0 Å². The van der Waals surface area contributed by atoms with Crippen LogP contribution in [0.15, 0.2) is 158 Å². The van der Waals surface area contributed by atoms with E-state index in [0.717, 1.165) is 0 Å². The molecule has 0 atom stereocenters. The highest BCUT2D eigenvalue weighted by molar-refractivity contribution is 5.71. The van der Waals surface area contributed by atoms with E-state index >= 15 is 0 Å². The molecule has 0 fully saturated rings. The maximum atomic E-state index is 2.25. The zero-order chi connectivity index (χ0) is 35.2. The molecule has 0 amide bonds. The summed E-state index contributed by atoms with van der Waals surface area (Å²) < 4.78 is 0. The minimum atomic E-state index is 0.202. The Bertz CT molecular complexity index is 1660. The van der Waals surface area contributed by atoms with Crippen LogP contribution in [0.1, 0.15) is 73.4 Å². The second kappa shape index (κ2) is 18.0. The summed E-state index contributed by atoms with van der Waals surface area (Å²) in [4.78, 5) is 0. The normalized spacial score (nSPS) is 10.7. The van der Waals surface area contributed by atoms with Gasteiger partial charge in [-0.3, -0.25) is 0 Å². The average Bonchev–Trinajstić information content (AvgIpc) is 3.10. The zero-order valence-electron chi connectivity index (χ0n) is 31.0. The van der Waals surface area contributed by atoms with Crippen molar-refractivity contribution in [3.8, 4) is 44.5 Å². The monoisotopic (exact) mass is 632 g/mol. The summed E-state index contributed by atoms with van der Waals surface area (Å²) in [7, 11) is 0. The lowest BCUT2D eigenvalue weighted by molar-refractivity contribution is 0.469. The van der Waals surface area contributed by atoms with Crippen molar-refractivity contribution in [2.45, 2.75) is 74.7 Å². The predicted octanol–water partition coefficient (Wildman–Crippen LogP) is 14.7. The summed E-state index contributed by atoms with van der Waals surface area (Å²) in [6.07, 6.45) is 0. The Kier molecular flexibility index (Phi) is 14.2. The zero-order valence-corrected chi connectivity index (χ0v) is 31.0. The van der Waals surface area contributed by atoms with E-state index < -0.39 is 0 Å². The molecule has 6 aromatic rings. The molecular formula is C48H56. The summed E-state index contributed by atoms with van der Waals surface area (Å²) in [5, 5.41) is 0. The highest BCUT2D eigenvalue weighted by Gasteiger charge is 2.13. The molecule has 0 saturated heterocycles. The molecule has 0 aromatic heterocycles. The molecule has 0 spiro atoms. The first kappa shape index (κ1) is 37.8. The standard InChI is InChI=1S/C23H24.C18H14.C5H12.C2H6/c1-17-5-7-18(8-6-17)19-9-11-20(12-10-19)21-13-15-22(16-14-21)23(2,3)4;1-3-7-15(8-4-1)17-11-13-18(14-12-17)16-9-5-2-6-10-16;1-5(2,3)4;1-2/h5-16H,1-4H3;1-14H;1-4H3;1-2H3. The molecule has 0 aliphatic heterocycles. The quantitative estimate of drug-likeness (QED) is 0.181. The van der Waals surface area contributed by atoms with Gasteiger partial charge in [0.25, 0.3) is 0 Å². The Morgan fingerprint density at radius 2 is 0.500 bits per heavy atom. The maximum absolute atomic E-state index is 2.25. The summed E-state index contributed by atoms with van der Waals surface area (Å²) in [5.41, 5.74) is 13.5. The lowest BCUT2D eigenvalue weighted by atomic mass is 9.86. The third kappa shape index (κ3) is 12.5. The maximum Gasteiger partial charge on any atom is -0.0132 e. The smallest absolute Gasteiger partial charge is 0.0132 e. The van der Waals surface area contributed by atoms with Crippen molar-refractivity contribution in [1.82, 2.24) is 0 Å². The molecule has 0 bridgehead atoms. The fourth-order valence-electron chi connectivity index (χ4n) is 4.88. The number of hydrogen-bond donors (Lipinski definition) is 0. The van der Waals surface area contributed by atoms with Crippen molar-refractivity contribution in [3.63, 3.8) is 0 Å². The minimum absolute atomic E-state index is 0.202. The van der Waals surface area contributed by atoms with Crippen LogP contribution in [-0.2, 0) is 5.41 Å². The van der Waals surface area contributed by atoms with Gasteiger partial charge in [-0.1, -0.05) is 226 Å². The van der Waals surface area contributed by atoms with Gasteiger partial charge in [-0.2, -0.15) is 0 Å². The summed E-state index contributed by atoms with van der Waals surface area (Å²) >= 11 is 0. The first-order valence-corrected chi connectivity index (χ1v) is 17.4. The predicted molar refractivity (Wildman–Crippen MR) is 215 cm³/mol. The van der Waals surface area contributed by atoms with Crippen LogP contribution in [0, 0.1) is 12.3 Å². The van der Waals surface area contributed by atoms with Crippen molar-refractivity contribution in [2.24, 2.45) is 5.41 Å². The van der Waals surface area contributed by atoms with Gasteiger partial charge < -0.3 is 0 Å². The van der Waals surface area contributed by atoms with Crippen LogP contribution in [-0.4, -0.2) is 0 Å². The molecule has 0 radical (unpaired) electrons. The van der Waals surface area contributed by atoms with Crippen LogP contribution in [0.2, 0.25) is 0 Å². The Labute approximate surface area is 292 Å². The Morgan fingerprint density at radius 1 is 0.292 bits per heavy atom. The van der Waals surface area contributed by atoms with E-state index in [1.165, 1.54) is 55.6 Å². The SMILES string of the molecule is CC.CC(C)(C)C.Cc1ccc(-c2ccc(-c3ccc(C(C)(C)C)cc3)cc2)cc1.c1ccc(-c2ccc(-c3ccccc3)cc2)cc1. The average molecular weight is 633 g/mol. The molecule has 0 aliphatic rings. The van der Waals surface area contributed by atoms with Gasteiger partial charge in [-0.25, -0.2) is 0 Å². The van der Waals surface area contributed by atoms with Gasteiger partial charge in [0.1, 0.15) is 0 Å². The third-order valence-corrected chi connectivity index (χ3v) is 7.45. The second-order valence-corrected chi connectivity index (χ2v) is 14.6. The second-order valence-electron chi connectivity index (χ2n) is 14.6. The Morgan fingerprint density at radius 3 is 0.750 bits per heavy atom. The molecular weight excluding hydrogens is 577 g/mol. The van der Waals surface area contributed by atoms with Gasteiger partial charge in [0.15, 0.2) is 0 Å². The van der Waals surface area contributed by atoms with Gasteiger partial charge >= 0.3 is 0 Å². The van der Waals surface area contributed by atoms with Gasteiger partial charge in [0, 0.05) is 0 Å².